The minimum absolute atomic E-state index is 0.176. The Morgan fingerprint density at radius 3 is 2.44 bits per heavy atom. The van der Waals surface area contributed by atoms with Crippen molar-refractivity contribution in [3.63, 3.8) is 0 Å². The summed E-state index contributed by atoms with van der Waals surface area (Å²) in [5.74, 6) is -0.935. The van der Waals surface area contributed by atoms with Crippen LogP contribution in [-0.2, 0) is 4.79 Å². The number of aliphatic carboxylic acids is 1. The molecule has 2 rings (SSSR count). The predicted molar refractivity (Wildman–Crippen MR) is 69.7 cm³/mol. The second-order valence-electron chi connectivity index (χ2n) is 3.84. The maximum Gasteiger partial charge on any atom is 0.339 e. The fraction of sp³-hybridized carbons (Fsp3) is 0.143. The standard InChI is InChI=1S/C10H8O2.C4H6O2/c1-7-6-8-4-2-3-5-9(8)12-10(7)11;1-3(2)4(5)6/h2-6H,1H3;1H2,2H3,(H,5,6). The van der Waals surface area contributed by atoms with Crippen LogP contribution in [0.5, 0.6) is 0 Å². The van der Waals surface area contributed by atoms with Gasteiger partial charge in [-0.05, 0) is 26.0 Å². The van der Waals surface area contributed by atoms with Gasteiger partial charge in [-0.2, -0.15) is 0 Å². The van der Waals surface area contributed by atoms with Gasteiger partial charge >= 0.3 is 11.6 Å². The minimum Gasteiger partial charge on any atom is -0.478 e. The molecule has 1 aromatic heterocycles. The SMILES string of the molecule is C=C(C)C(=O)O.Cc1cc2ccccc2oc1=O. The van der Waals surface area contributed by atoms with E-state index in [4.69, 9.17) is 9.52 Å². The lowest BCUT2D eigenvalue weighted by atomic mass is 10.2. The summed E-state index contributed by atoms with van der Waals surface area (Å²) in [7, 11) is 0. The van der Waals surface area contributed by atoms with Crippen LogP contribution >= 0.6 is 0 Å². The average molecular weight is 246 g/mol. The average Bonchev–Trinajstić information content (AvgIpc) is 2.31. The third-order valence-corrected chi connectivity index (χ3v) is 2.18. The largest absolute Gasteiger partial charge is 0.478 e. The number of carbonyl (C=O) groups is 1. The summed E-state index contributed by atoms with van der Waals surface area (Å²) in [6.07, 6.45) is 0. The maximum absolute atomic E-state index is 11.1. The highest BCUT2D eigenvalue weighted by Gasteiger charge is 1.98. The van der Waals surface area contributed by atoms with Crippen molar-refractivity contribution in [3.05, 3.63) is 58.5 Å². The van der Waals surface area contributed by atoms with Crippen LogP contribution in [0.3, 0.4) is 0 Å². The number of fused-ring (bicyclic) bond motifs is 1. The van der Waals surface area contributed by atoms with Crippen molar-refractivity contribution in [1.29, 1.82) is 0 Å². The molecule has 18 heavy (non-hydrogen) atoms. The van der Waals surface area contributed by atoms with Gasteiger partial charge in [0.05, 0.1) is 0 Å². The van der Waals surface area contributed by atoms with E-state index in [2.05, 4.69) is 6.58 Å². The van der Waals surface area contributed by atoms with Crippen molar-refractivity contribution < 1.29 is 14.3 Å². The fourth-order valence-electron chi connectivity index (χ4n) is 1.17. The van der Waals surface area contributed by atoms with Gasteiger partial charge < -0.3 is 9.52 Å². The van der Waals surface area contributed by atoms with Crippen LogP contribution in [0.2, 0.25) is 0 Å². The third kappa shape index (κ3) is 3.59. The Morgan fingerprint density at radius 1 is 1.33 bits per heavy atom. The molecule has 94 valence electrons. The van der Waals surface area contributed by atoms with Crippen LogP contribution in [0.4, 0.5) is 0 Å². The number of aryl methyl sites for hydroxylation is 1. The molecule has 1 N–H and O–H groups in total. The molecule has 1 heterocycles. The smallest absolute Gasteiger partial charge is 0.339 e. The van der Waals surface area contributed by atoms with Gasteiger partial charge in [0.25, 0.3) is 0 Å². The molecule has 0 amide bonds. The van der Waals surface area contributed by atoms with Crippen LogP contribution in [0.1, 0.15) is 12.5 Å². The van der Waals surface area contributed by atoms with Crippen LogP contribution in [-0.4, -0.2) is 11.1 Å². The van der Waals surface area contributed by atoms with E-state index in [0.717, 1.165) is 5.39 Å². The van der Waals surface area contributed by atoms with Crippen molar-refractivity contribution in [2.75, 3.05) is 0 Å². The molecule has 0 radical (unpaired) electrons. The molecule has 0 atom stereocenters. The molecule has 0 aliphatic rings. The van der Waals surface area contributed by atoms with Crippen molar-refractivity contribution in [2.24, 2.45) is 0 Å². The Kier molecular flexibility index (Phi) is 4.43. The van der Waals surface area contributed by atoms with E-state index in [1.54, 1.807) is 13.0 Å². The van der Waals surface area contributed by atoms with Crippen LogP contribution in [0.25, 0.3) is 11.0 Å². The lowest BCUT2D eigenvalue weighted by Gasteiger charge is -1.95. The van der Waals surface area contributed by atoms with Gasteiger partial charge in [0.15, 0.2) is 0 Å². The molecule has 0 aliphatic carbocycles. The summed E-state index contributed by atoms with van der Waals surface area (Å²) in [5, 5.41) is 8.86. The molecule has 0 saturated carbocycles. The van der Waals surface area contributed by atoms with Crippen LogP contribution in [0, 0.1) is 6.92 Å². The first-order valence-electron chi connectivity index (χ1n) is 5.30. The third-order valence-electron chi connectivity index (χ3n) is 2.18. The maximum atomic E-state index is 11.1. The number of hydrogen-bond acceptors (Lipinski definition) is 3. The number of carboxylic acid groups (broad SMARTS) is 1. The quantitative estimate of drug-likeness (QED) is 0.620. The lowest BCUT2D eigenvalue weighted by Crippen LogP contribution is -2.01. The first-order valence-corrected chi connectivity index (χ1v) is 5.30. The molecule has 0 unspecified atom stereocenters. The van der Waals surface area contributed by atoms with Gasteiger partial charge in [-0.25, -0.2) is 9.59 Å². The molecule has 0 spiro atoms. The summed E-state index contributed by atoms with van der Waals surface area (Å²) in [4.78, 5) is 20.7. The van der Waals surface area contributed by atoms with Gasteiger partial charge in [0.1, 0.15) is 5.58 Å². The fourth-order valence-corrected chi connectivity index (χ4v) is 1.17. The number of rotatable bonds is 1. The Balaban J connectivity index is 0.000000232. The number of benzene rings is 1. The highest BCUT2D eigenvalue weighted by Crippen LogP contribution is 2.11. The van der Waals surface area contributed by atoms with E-state index >= 15 is 0 Å². The van der Waals surface area contributed by atoms with Gasteiger partial charge in [0, 0.05) is 16.5 Å². The van der Waals surface area contributed by atoms with Crippen molar-refractivity contribution in [1.82, 2.24) is 0 Å². The Morgan fingerprint density at radius 2 is 1.89 bits per heavy atom. The first kappa shape index (κ1) is 13.7. The zero-order valence-corrected chi connectivity index (χ0v) is 10.3. The van der Waals surface area contributed by atoms with E-state index in [9.17, 15) is 9.59 Å². The first-order chi connectivity index (χ1) is 8.41. The Hall–Kier alpha value is -2.36. The Bertz CT molecular complexity index is 626. The normalized spacial score (nSPS) is 9.44. The van der Waals surface area contributed by atoms with Crippen molar-refractivity contribution in [2.45, 2.75) is 13.8 Å². The van der Waals surface area contributed by atoms with E-state index in [1.165, 1.54) is 6.92 Å². The molecule has 4 nitrogen and oxygen atoms in total. The minimum atomic E-state index is -0.935. The summed E-state index contributed by atoms with van der Waals surface area (Å²) in [5.41, 5.74) is 1.21. The van der Waals surface area contributed by atoms with Gasteiger partial charge in [-0.1, -0.05) is 24.8 Å². The lowest BCUT2D eigenvalue weighted by molar-refractivity contribution is -0.132. The second-order valence-corrected chi connectivity index (χ2v) is 3.84. The molecular formula is C14H14O4. The summed E-state index contributed by atoms with van der Waals surface area (Å²) in [6.45, 7) is 6.35. The van der Waals surface area contributed by atoms with E-state index in [-0.39, 0.29) is 11.2 Å². The molecule has 0 bridgehead atoms. The zero-order valence-electron chi connectivity index (χ0n) is 10.3. The topological polar surface area (TPSA) is 67.5 Å². The number of hydrogen-bond donors (Lipinski definition) is 1. The molecule has 0 fully saturated rings. The number of para-hydroxylation sites is 1. The molecule has 1 aromatic carbocycles. The van der Waals surface area contributed by atoms with E-state index in [1.807, 2.05) is 24.3 Å². The summed E-state index contributed by atoms with van der Waals surface area (Å²) >= 11 is 0. The van der Waals surface area contributed by atoms with Gasteiger partial charge in [-0.15, -0.1) is 0 Å². The van der Waals surface area contributed by atoms with E-state index < -0.39 is 5.97 Å². The zero-order chi connectivity index (χ0) is 13.7. The highest BCUT2D eigenvalue weighted by molar-refractivity contribution is 5.84. The molecule has 2 aromatic rings. The van der Waals surface area contributed by atoms with Crippen LogP contribution in [0.15, 0.2) is 51.7 Å². The molecule has 0 aliphatic heterocycles. The molecule has 4 heteroatoms. The van der Waals surface area contributed by atoms with Crippen molar-refractivity contribution >= 4 is 16.9 Å². The second kappa shape index (κ2) is 5.82. The highest BCUT2D eigenvalue weighted by atomic mass is 16.4. The Labute approximate surface area is 104 Å². The van der Waals surface area contributed by atoms with Gasteiger partial charge in [0.2, 0.25) is 0 Å². The number of carboxylic acids is 1. The van der Waals surface area contributed by atoms with Crippen LogP contribution < -0.4 is 5.63 Å². The summed E-state index contributed by atoms with van der Waals surface area (Å²) < 4.78 is 5.04. The monoisotopic (exact) mass is 246 g/mol. The van der Waals surface area contributed by atoms with Gasteiger partial charge in [-0.3, -0.25) is 0 Å². The van der Waals surface area contributed by atoms with E-state index in [0.29, 0.717) is 11.1 Å². The predicted octanol–water partition coefficient (Wildman–Crippen LogP) is 2.75. The van der Waals surface area contributed by atoms with Crippen molar-refractivity contribution in [3.8, 4) is 0 Å². The molecular weight excluding hydrogens is 232 g/mol. The molecule has 0 saturated heterocycles. The summed E-state index contributed by atoms with van der Waals surface area (Å²) in [6, 6.07) is 9.31.